The van der Waals surface area contributed by atoms with E-state index in [1.807, 2.05) is 4.90 Å². The average molecular weight is 553 g/mol. The van der Waals surface area contributed by atoms with E-state index in [9.17, 15) is 31.9 Å². The van der Waals surface area contributed by atoms with Crippen molar-refractivity contribution >= 4 is 5.91 Å². The molecule has 2 aromatic rings. The van der Waals surface area contributed by atoms with Crippen molar-refractivity contribution < 1.29 is 36.6 Å². The van der Waals surface area contributed by atoms with Crippen LogP contribution in [-0.2, 0) is 0 Å². The van der Waals surface area contributed by atoms with Crippen LogP contribution in [0.25, 0.3) is 11.1 Å². The second-order valence-electron chi connectivity index (χ2n) is 11.2. The number of carbonyl (C=O) groups is 1. The fourth-order valence-corrected chi connectivity index (χ4v) is 5.86. The third-order valence-electron chi connectivity index (χ3n) is 8.53. The molecule has 1 amide bonds. The fraction of sp³-hybridized carbons (Fsp3) is 0.552. The monoisotopic (exact) mass is 552 g/mol. The van der Waals surface area contributed by atoms with Gasteiger partial charge in [0.15, 0.2) is 0 Å². The molecule has 0 aromatic heterocycles. The Bertz CT molecular complexity index is 1190. The van der Waals surface area contributed by atoms with E-state index >= 15 is 0 Å². The van der Waals surface area contributed by atoms with Crippen molar-refractivity contribution in [1.82, 2.24) is 9.80 Å². The molecular weight excluding hydrogens is 519 g/mol. The lowest BCUT2D eigenvalue weighted by atomic mass is 9.67. The molecule has 1 aliphatic carbocycles. The number of amides is 1. The van der Waals surface area contributed by atoms with Gasteiger partial charge in [-0.1, -0.05) is 12.5 Å². The zero-order valence-electron chi connectivity index (χ0n) is 21.7. The molecular formula is C29H33F5N2O3. The lowest BCUT2D eigenvalue weighted by molar-refractivity contribution is -0.256. The first-order chi connectivity index (χ1) is 18.5. The molecule has 10 heteroatoms. The van der Waals surface area contributed by atoms with E-state index in [0.717, 1.165) is 18.9 Å². The SMILES string of the molecule is O=C(c1ccc(-c2ccc(OCC3CCN(CC4(C(F)(F)F)CCC4)CC3)cc2F)cc1F)N1CC[C@H](O)C1. The Morgan fingerprint density at radius 3 is 2.31 bits per heavy atom. The summed E-state index contributed by atoms with van der Waals surface area (Å²) in [4.78, 5) is 15.8. The minimum atomic E-state index is -4.16. The van der Waals surface area contributed by atoms with Gasteiger partial charge in [0, 0.05) is 31.3 Å². The highest BCUT2D eigenvalue weighted by Crippen LogP contribution is 2.53. The molecule has 0 spiro atoms. The molecule has 2 aliphatic heterocycles. The van der Waals surface area contributed by atoms with Crippen molar-refractivity contribution in [3.63, 3.8) is 0 Å². The lowest BCUT2D eigenvalue weighted by Crippen LogP contribution is -2.53. The highest BCUT2D eigenvalue weighted by molar-refractivity contribution is 5.95. The number of aliphatic hydroxyl groups excluding tert-OH is 1. The second-order valence-corrected chi connectivity index (χ2v) is 11.2. The van der Waals surface area contributed by atoms with E-state index in [4.69, 9.17) is 4.74 Å². The topological polar surface area (TPSA) is 53.0 Å². The fourth-order valence-electron chi connectivity index (χ4n) is 5.86. The molecule has 1 saturated carbocycles. The smallest absolute Gasteiger partial charge is 0.395 e. The molecule has 0 bridgehead atoms. The molecule has 5 nitrogen and oxygen atoms in total. The van der Waals surface area contributed by atoms with Gasteiger partial charge >= 0.3 is 6.18 Å². The normalized spacial score (nSPS) is 22.1. The maximum absolute atomic E-state index is 14.9. The van der Waals surface area contributed by atoms with Crippen LogP contribution in [0.4, 0.5) is 22.0 Å². The molecule has 5 rings (SSSR count). The predicted molar refractivity (Wildman–Crippen MR) is 135 cm³/mol. The van der Waals surface area contributed by atoms with Crippen molar-refractivity contribution in [1.29, 1.82) is 0 Å². The molecule has 2 aromatic carbocycles. The summed E-state index contributed by atoms with van der Waals surface area (Å²) in [5.41, 5.74) is -1.23. The van der Waals surface area contributed by atoms with Crippen LogP contribution in [0.2, 0.25) is 0 Å². The third-order valence-corrected chi connectivity index (χ3v) is 8.53. The summed E-state index contributed by atoms with van der Waals surface area (Å²) in [7, 11) is 0. The summed E-state index contributed by atoms with van der Waals surface area (Å²) in [6, 6.07) is 8.27. The highest BCUT2D eigenvalue weighted by Gasteiger charge is 2.58. The Kier molecular flexibility index (Phi) is 7.88. The Balaban J connectivity index is 1.14. The van der Waals surface area contributed by atoms with E-state index in [0.29, 0.717) is 44.8 Å². The standard InChI is InChI=1S/C29H33F5N2O3/c30-25-14-20(2-4-24(25)27(38)36-13-8-21(37)16-36)23-5-3-22(15-26(23)31)39-17-19-6-11-35(12-7-19)18-28(9-1-10-28)29(32,33)34/h2-5,14-15,19,21,37H,1,6-13,16-18H2/t21-/m0/s1. The molecule has 2 saturated heterocycles. The zero-order chi connectivity index (χ0) is 27.8. The van der Waals surface area contributed by atoms with Crippen LogP contribution in [0, 0.1) is 23.0 Å². The first-order valence-corrected chi connectivity index (χ1v) is 13.5. The quantitative estimate of drug-likeness (QED) is 0.451. The number of aliphatic hydroxyl groups is 1. The third kappa shape index (κ3) is 5.91. The molecule has 3 aliphatic rings. The van der Waals surface area contributed by atoms with Crippen LogP contribution < -0.4 is 4.74 Å². The lowest BCUT2D eigenvalue weighted by Gasteiger charge is -2.47. The number of β-amino-alcohol motifs (C(OH)–C–C–N with tert-alkyl or cyclic N) is 1. The van der Waals surface area contributed by atoms with Gasteiger partial charge in [-0.2, -0.15) is 13.2 Å². The Morgan fingerprint density at radius 2 is 1.74 bits per heavy atom. The van der Waals surface area contributed by atoms with Gasteiger partial charge in [0.05, 0.1) is 23.7 Å². The van der Waals surface area contributed by atoms with E-state index in [-0.39, 0.29) is 48.5 Å². The summed E-state index contributed by atoms with van der Waals surface area (Å²) in [6.07, 6.45) is -1.84. The number of nitrogens with zero attached hydrogens (tertiary/aromatic N) is 2. The predicted octanol–water partition coefficient (Wildman–Crippen LogP) is 5.66. The number of piperidine rings is 1. The van der Waals surface area contributed by atoms with Gasteiger partial charge in [0.2, 0.25) is 0 Å². The van der Waals surface area contributed by atoms with E-state index in [2.05, 4.69) is 0 Å². The van der Waals surface area contributed by atoms with Crippen molar-refractivity contribution in [2.24, 2.45) is 11.3 Å². The zero-order valence-corrected chi connectivity index (χ0v) is 21.7. The number of hydrogen-bond donors (Lipinski definition) is 1. The molecule has 0 unspecified atom stereocenters. The van der Waals surface area contributed by atoms with Gasteiger partial charge in [0.1, 0.15) is 17.4 Å². The molecule has 3 fully saturated rings. The summed E-state index contributed by atoms with van der Waals surface area (Å²) in [5.74, 6) is -1.37. The summed E-state index contributed by atoms with van der Waals surface area (Å²) < 4.78 is 75.9. The van der Waals surface area contributed by atoms with Crippen molar-refractivity contribution in [3.8, 4) is 16.9 Å². The molecule has 0 radical (unpaired) electrons. The van der Waals surface area contributed by atoms with Gasteiger partial charge in [-0.25, -0.2) is 8.78 Å². The number of benzene rings is 2. The minimum absolute atomic E-state index is 0.0634. The maximum Gasteiger partial charge on any atom is 0.395 e. The van der Waals surface area contributed by atoms with Crippen LogP contribution in [-0.4, -0.2) is 72.4 Å². The first kappa shape index (κ1) is 27.8. The minimum Gasteiger partial charge on any atom is -0.493 e. The van der Waals surface area contributed by atoms with Crippen molar-refractivity contribution in [2.75, 3.05) is 39.3 Å². The van der Waals surface area contributed by atoms with Crippen LogP contribution in [0.5, 0.6) is 5.75 Å². The van der Waals surface area contributed by atoms with Gasteiger partial charge in [0.25, 0.3) is 5.91 Å². The van der Waals surface area contributed by atoms with Gasteiger partial charge in [-0.3, -0.25) is 4.79 Å². The van der Waals surface area contributed by atoms with E-state index in [1.165, 1.54) is 29.2 Å². The number of ether oxygens (including phenoxy) is 1. The molecule has 1 atom stereocenters. The van der Waals surface area contributed by atoms with Crippen molar-refractivity contribution in [2.45, 2.75) is 50.8 Å². The number of carbonyl (C=O) groups excluding carboxylic acids is 1. The summed E-state index contributed by atoms with van der Waals surface area (Å²) in [5, 5.41) is 9.63. The van der Waals surface area contributed by atoms with Gasteiger partial charge < -0.3 is 19.6 Å². The largest absolute Gasteiger partial charge is 0.493 e. The second kappa shape index (κ2) is 11.0. The number of rotatable bonds is 7. The van der Waals surface area contributed by atoms with E-state index < -0.39 is 35.2 Å². The number of hydrogen-bond acceptors (Lipinski definition) is 4. The average Bonchev–Trinajstić information content (AvgIpc) is 3.31. The van der Waals surface area contributed by atoms with Crippen LogP contribution in [0.15, 0.2) is 36.4 Å². The Hall–Kier alpha value is -2.72. The molecule has 1 N–H and O–H groups in total. The van der Waals surface area contributed by atoms with Crippen molar-refractivity contribution in [3.05, 3.63) is 53.6 Å². The number of alkyl halides is 3. The van der Waals surface area contributed by atoms with E-state index in [1.54, 1.807) is 6.07 Å². The molecule has 212 valence electrons. The van der Waals surface area contributed by atoms with Crippen LogP contribution in [0.1, 0.15) is 48.9 Å². The molecule has 2 heterocycles. The maximum atomic E-state index is 14.9. The Morgan fingerprint density at radius 1 is 1.00 bits per heavy atom. The highest BCUT2D eigenvalue weighted by atomic mass is 19.4. The Labute approximate surface area is 224 Å². The summed E-state index contributed by atoms with van der Waals surface area (Å²) >= 11 is 0. The number of halogens is 5. The first-order valence-electron chi connectivity index (χ1n) is 13.5. The van der Waals surface area contributed by atoms with Gasteiger partial charge in [-0.05, 0) is 80.9 Å². The molecule has 39 heavy (non-hydrogen) atoms. The van der Waals surface area contributed by atoms with Gasteiger partial charge in [-0.15, -0.1) is 0 Å². The van der Waals surface area contributed by atoms with Crippen LogP contribution >= 0.6 is 0 Å². The number of likely N-dealkylation sites (tertiary alicyclic amines) is 2. The summed E-state index contributed by atoms with van der Waals surface area (Å²) in [6.45, 7) is 2.09. The van der Waals surface area contributed by atoms with Crippen LogP contribution in [0.3, 0.4) is 0 Å².